The van der Waals surface area contributed by atoms with Gasteiger partial charge in [0, 0.05) is 13.1 Å². The highest BCUT2D eigenvalue weighted by Crippen LogP contribution is 2.35. The molecule has 0 radical (unpaired) electrons. The lowest BCUT2D eigenvalue weighted by molar-refractivity contribution is 0.0106. The van der Waals surface area contributed by atoms with Crippen LogP contribution < -0.4 is 0 Å². The van der Waals surface area contributed by atoms with E-state index < -0.39 is 5.60 Å². The number of amides is 1. The van der Waals surface area contributed by atoms with Crippen LogP contribution in [0.4, 0.5) is 4.79 Å². The lowest BCUT2D eigenvalue weighted by Gasteiger charge is -2.39. The smallest absolute Gasteiger partial charge is 0.410 e. The monoisotopic (exact) mass is 283 g/mol. The molecule has 20 heavy (non-hydrogen) atoms. The molecule has 2 atom stereocenters. The zero-order valence-corrected chi connectivity index (χ0v) is 13.1. The van der Waals surface area contributed by atoms with Gasteiger partial charge in [0.2, 0.25) is 0 Å². The molecule has 1 N–H and O–H groups in total. The second-order valence-corrected chi connectivity index (χ2v) is 7.39. The fourth-order valence-corrected chi connectivity index (χ4v) is 3.51. The lowest BCUT2D eigenvalue weighted by atomic mass is 9.75. The molecule has 0 aromatic rings. The number of carbonyl (C=O) groups is 1. The van der Waals surface area contributed by atoms with Gasteiger partial charge in [0.1, 0.15) is 5.60 Å². The van der Waals surface area contributed by atoms with E-state index in [-0.39, 0.29) is 12.2 Å². The molecule has 1 amide bonds. The average Bonchev–Trinajstić information content (AvgIpc) is 2.37. The number of piperidine rings is 1. The Labute approximate surface area is 122 Å². The molecule has 4 heteroatoms. The van der Waals surface area contributed by atoms with E-state index in [0.29, 0.717) is 11.8 Å². The van der Waals surface area contributed by atoms with E-state index in [9.17, 15) is 9.90 Å². The van der Waals surface area contributed by atoms with Gasteiger partial charge in [0.15, 0.2) is 0 Å². The number of aliphatic hydroxyl groups excluding tert-OH is 1. The summed E-state index contributed by atoms with van der Waals surface area (Å²) in [5.41, 5.74) is -0.415. The molecule has 0 aromatic carbocycles. The largest absolute Gasteiger partial charge is 0.444 e. The van der Waals surface area contributed by atoms with Crippen molar-refractivity contribution in [2.75, 3.05) is 13.1 Å². The first-order chi connectivity index (χ1) is 9.35. The maximum Gasteiger partial charge on any atom is 0.410 e. The number of hydrogen-bond acceptors (Lipinski definition) is 3. The molecule has 2 aliphatic rings. The van der Waals surface area contributed by atoms with Gasteiger partial charge in [-0.05, 0) is 64.7 Å². The second kappa shape index (κ2) is 6.33. The average molecular weight is 283 g/mol. The van der Waals surface area contributed by atoms with E-state index >= 15 is 0 Å². The van der Waals surface area contributed by atoms with Crippen molar-refractivity contribution >= 4 is 6.09 Å². The minimum Gasteiger partial charge on any atom is -0.444 e. The Bertz CT molecular complexity index is 329. The highest BCUT2D eigenvalue weighted by molar-refractivity contribution is 5.68. The molecule has 2 rings (SSSR count). The van der Waals surface area contributed by atoms with Crippen molar-refractivity contribution in [2.24, 2.45) is 11.8 Å². The number of carbonyl (C=O) groups excluding carboxylic acids is 1. The van der Waals surface area contributed by atoms with Crippen molar-refractivity contribution in [1.82, 2.24) is 4.90 Å². The third-order valence-electron chi connectivity index (χ3n) is 4.55. The standard InChI is InChI=1S/C16H29NO3/c1-16(2,3)20-15(19)17-9-7-12(8-10-17)13-5-4-6-14(18)11-13/h12-14,18H,4-11H2,1-3H3. The van der Waals surface area contributed by atoms with Crippen molar-refractivity contribution in [3.8, 4) is 0 Å². The van der Waals surface area contributed by atoms with Gasteiger partial charge in [-0.2, -0.15) is 0 Å². The Morgan fingerprint density at radius 1 is 1.10 bits per heavy atom. The predicted molar refractivity (Wildman–Crippen MR) is 78.5 cm³/mol. The van der Waals surface area contributed by atoms with Gasteiger partial charge < -0.3 is 14.7 Å². The van der Waals surface area contributed by atoms with E-state index in [0.717, 1.165) is 45.2 Å². The van der Waals surface area contributed by atoms with Crippen molar-refractivity contribution < 1.29 is 14.6 Å². The number of ether oxygens (including phenoxy) is 1. The topological polar surface area (TPSA) is 49.8 Å². The summed E-state index contributed by atoms with van der Waals surface area (Å²) >= 11 is 0. The molecular weight excluding hydrogens is 254 g/mol. The van der Waals surface area contributed by atoms with Crippen molar-refractivity contribution in [3.05, 3.63) is 0 Å². The number of rotatable bonds is 1. The van der Waals surface area contributed by atoms with Crippen LogP contribution in [0.15, 0.2) is 0 Å². The quantitative estimate of drug-likeness (QED) is 0.804. The van der Waals surface area contributed by atoms with Crippen molar-refractivity contribution in [3.63, 3.8) is 0 Å². The molecular formula is C16H29NO3. The van der Waals surface area contributed by atoms with Gasteiger partial charge in [0.25, 0.3) is 0 Å². The highest BCUT2D eigenvalue weighted by Gasteiger charge is 2.32. The van der Waals surface area contributed by atoms with Crippen LogP contribution in [0.3, 0.4) is 0 Å². The minimum atomic E-state index is -0.415. The summed E-state index contributed by atoms with van der Waals surface area (Å²) < 4.78 is 5.42. The first-order valence-corrected chi connectivity index (χ1v) is 8.01. The van der Waals surface area contributed by atoms with Crippen LogP contribution >= 0.6 is 0 Å². The van der Waals surface area contributed by atoms with Gasteiger partial charge >= 0.3 is 6.09 Å². The molecule has 0 aromatic heterocycles. The van der Waals surface area contributed by atoms with Gasteiger partial charge in [0.05, 0.1) is 6.10 Å². The van der Waals surface area contributed by atoms with Crippen molar-refractivity contribution in [1.29, 1.82) is 0 Å². The summed E-state index contributed by atoms with van der Waals surface area (Å²) in [6.07, 6.45) is 6.14. The third-order valence-corrected chi connectivity index (χ3v) is 4.55. The minimum absolute atomic E-state index is 0.0994. The summed E-state index contributed by atoms with van der Waals surface area (Å²) in [7, 11) is 0. The molecule has 4 nitrogen and oxygen atoms in total. The van der Waals surface area contributed by atoms with Crippen LogP contribution in [0, 0.1) is 11.8 Å². The Morgan fingerprint density at radius 2 is 1.75 bits per heavy atom. The van der Waals surface area contributed by atoms with Crippen LogP contribution in [0.25, 0.3) is 0 Å². The first kappa shape index (κ1) is 15.6. The predicted octanol–water partition coefficient (Wildman–Crippen LogP) is 3.18. The normalized spacial score (nSPS) is 29.3. The summed E-state index contributed by atoms with van der Waals surface area (Å²) in [5.74, 6) is 1.32. The molecule has 1 aliphatic carbocycles. The summed E-state index contributed by atoms with van der Waals surface area (Å²) in [4.78, 5) is 13.8. The second-order valence-electron chi connectivity index (χ2n) is 7.39. The zero-order valence-electron chi connectivity index (χ0n) is 13.1. The number of hydrogen-bond donors (Lipinski definition) is 1. The lowest BCUT2D eigenvalue weighted by Crippen LogP contribution is -2.43. The SMILES string of the molecule is CC(C)(C)OC(=O)N1CCC(C2CCCC(O)C2)CC1. The molecule has 1 saturated carbocycles. The van der Waals surface area contributed by atoms with Gasteiger partial charge in [-0.15, -0.1) is 0 Å². The van der Waals surface area contributed by atoms with E-state index in [2.05, 4.69) is 0 Å². The zero-order chi connectivity index (χ0) is 14.8. The maximum absolute atomic E-state index is 12.0. The summed E-state index contributed by atoms with van der Waals surface area (Å²) in [5, 5.41) is 9.79. The van der Waals surface area contributed by atoms with E-state index in [1.54, 1.807) is 0 Å². The summed E-state index contributed by atoms with van der Waals surface area (Å²) in [6.45, 7) is 7.31. The molecule has 1 heterocycles. The Kier molecular flexibility index (Phi) is 4.95. The number of likely N-dealkylation sites (tertiary alicyclic amines) is 1. The molecule has 2 fully saturated rings. The van der Waals surface area contributed by atoms with Crippen LogP contribution in [-0.2, 0) is 4.74 Å². The number of nitrogens with zero attached hydrogens (tertiary/aromatic N) is 1. The Morgan fingerprint density at radius 3 is 2.30 bits per heavy atom. The number of aliphatic hydroxyl groups is 1. The third kappa shape index (κ3) is 4.37. The highest BCUT2D eigenvalue weighted by atomic mass is 16.6. The van der Waals surface area contributed by atoms with Crippen LogP contribution in [0.5, 0.6) is 0 Å². The van der Waals surface area contributed by atoms with Crippen LogP contribution in [0.2, 0.25) is 0 Å². The fraction of sp³-hybridized carbons (Fsp3) is 0.938. The molecule has 0 bridgehead atoms. The molecule has 1 saturated heterocycles. The van der Waals surface area contributed by atoms with Crippen molar-refractivity contribution in [2.45, 2.75) is 71.0 Å². The molecule has 2 unspecified atom stereocenters. The van der Waals surface area contributed by atoms with Gasteiger partial charge in [-0.3, -0.25) is 0 Å². The molecule has 116 valence electrons. The van der Waals surface area contributed by atoms with Gasteiger partial charge in [-0.25, -0.2) is 4.79 Å². The molecule has 1 aliphatic heterocycles. The molecule has 0 spiro atoms. The summed E-state index contributed by atoms with van der Waals surface area (Å²) in [6, 6.07) is 0. The van der Waals surface area contributed by atoms with Crippen LogP contribution in [-0.4, -0.2) is 40.9 Å². The van der Waals surface area contributed by atoms with Crippen LogP contribution in [0.1, 0.15) is 59.3 Å². The first-order valence-electron chi connectivity index (χ1n) is 8.01. The van der Waals surface area contributed by atoms with E-state index in [1.807, 2.05) is 25.7 Å². The maximum atomic E-state index is 12.0. The fourth-order valence-electron chi connectivity index (χ4n) is 3.51. The Hall–Kier alpha value is -0.770. The van der Waals surface area contributed by atoms with E-state index in [4.69, 9.17) is 4.74 Å². The van der Waals surface area contributed by atoms with Gasteiger partial charge in [-0.1, -0.05) is 6.42 Å². The van der Waals surface area contributed by atoms with E-state index in [1.165, 1.54) is 6.42 Å². The Balaban J connectivity index is 1.78.